The number of sulfone groups is 1. The van der Waals surface area contributed by atoms with Gasteiger partial charge in [-0.25, -0.2) is 13.2 Å². The average molecular weight is 399 g/mol. The summed E-state index contributed by atoms with van der Waals surface area (Å²) in [6, 6.07) is 11.1. The van der Waals surface area contributed by atoms with Gasteiger partial charge in [0.2, 0.25) is 0 Å². The number of aryl methyl sites for hydroxylation is 2. The Morgan fingerprint density at radius 3 is 2.29 bits per heavy atom. The quantitative estimate of drug-likeness (QED) is 0.714. The number of imide groups is 1. The number of carbonyl (C=O) groups is 3. The number of benzene rings is 2. The highest BCUT2D eigenvalue weighted by atomic mass is 32.2. The molecule has 7 nitrogen and oxygen atoms in total. The number of amides is 2. The van der Waals surface area contributed by atoms with Gasteiger partial charge in [-0.3, -0.25) is 9.59 Å². The summed E-state index contributed by atoms with van der Waals surface area (Å²) in [6.45, 7) is 0. The molecule has 2 aromatic rings. The third kappa shape index (κ3) is 3.20. The lowest BCUT2D eigenvalue weighted by Crippen LogP contribution is -2.33. The fourth-order valence-corrected chi connectivity index (χ4v) is 4.74. The van der Waals surface area contributed by atoms with Gasteiger partial charge in [-0.15, -0.1) is 0 Å². The Kier molecular flexibility index (Phi) is 4.50. The average Bonchev–Trinajstić information content (AvgIpc) is 3.25. The molecule has 1 aliphatic heterocycles. The number of hydrogen-bond donors (Lipinski definition) is 0. The van der Waals surface area contributed by atoms with E-state index in [0.717, 1.165) is 30.4 Å². The molecule has 0 atom stereocenters. The van der Waals surface area contributed by atoms with Crippen molar-refractivity contribution in [3.05, 3.63) is 64.7 Å². The molecular weight excluding hydrogens is 382 g/mol. The molecule has 2 aromatic carbocycles. The van der Waals surface area contributed by atoms with Gasteiger partial charge in [-0.05, 0) is 54.7 Å². The molecule has 144 valence electrons. The first kappa shape index (κ1) is 18.4. The summed E-state index contributed by atoms with van der Waals surface area (Å²) in [5.74, 6) is -2.90. The lowest BCUT2D eigenvalue weighted by molar-refractivity contribution is -0.168. The number of hydrogen-bond acceptors (Lipinski definition) is 6. The second kappa shape index (κ2) is 6.87. The zero-order chi connectivity index (χ0) is 19.9. The Bertz CT molecular complexity index is 1070. The van der Waals surface area contributed by atoms with Gasteiger partial charge >= 0.3 is 5.97 Å². The predicted molar refractivity (Wildman–Crippen MR) is 98.2 cm³/mol. The van der Waals surface area contributed by atoms with Crippen LogP contribution in [0.3, 0.4) is 0 Å². The third-order valence-corrected chi connectivity index (χ3v) is 6.67. The smallest absolute Gasteiger partial charge is 0.330 e. The zero-order valence-corrected chi connectivity index (χ0v) is 15.7. The van der Waals surface area contributed by atoms with Gasteiger partial charge in [-0.1, -0.05) is 23.3 Å². The molecule has 0 saturated heterocycles. The molecule has 0 N–H and O–H groups in total. The standard InChI is InChI=1S/C20H17NO6S/c22-18(27-21-19(23)16-6-1-2-7-17(16)20(21)24)10-11-28(25,26)15-9-8-13-4-3-5-14(13)12-15/h1-2,6-9,12H,3-5,10-11H2. The van der Waals surface area contributed by atoms with Crippen LogP contribution < -0.4 is 0 Å². The van der Waals surface area contributed by atoms with Gasteiger partial charge in [0.15, 0.2) is 9.84 Å². The molecule has 2 amide bonds. The SMILES string of the molecule is O=C(CCS(=O)(=O)c1ccc2c(c1)CCC2)ON1C(=O)c2ccccc2C1=O. The largest absolute Gasteiger partial charge is 0.334 e. The highest BCUT2D eigenvalue weighted by molar-refractivity contribution is 7.91. The van der Waals surface area contributed by atoms with E-state index in [-0.39, 0.29) is 16.0 Å². The highest BCUT2D eigenvalue weighted by Crippen LogP contribution is 2.26. The molecule has 0 aromatic heterocycles. The zero-order valence-electron chi connectivity index (χ0n) is 14.9. The number of carbonyl (C=O) groups excluding carboxylic acids is 3. The number of hydroxylamine groups is 2. The van der Waals surface area contributed by atoms with Crippen molar-refractivity contribution in [3.63, 3.8) is 0 Å². The Labute approximate surface area is 161 Å². The lowest BCUT2D eigenvalue weighted by atomic mass is 10.1. The second-order valence-electron chi connectivity index (χ2n) is 6.77. The molecule has 8 heteroatoms. The molecule has 0 spiro atoms. The fourth-order valence-electron chi connectivity index (χ4n) is 3.47. The van der Waals surface area contributed by atoms with Gasteiger partial charge in [0.05, 0.1) is 28.2 Å². The minimum absolute atomic E-state index is 0.145. The van der Waals surface area contributed by atoms with E-state index in [1.54, 1.807) is 24.3 Å². The third-order valence-electron chi connectivity index (χ3n) is 4.95. The van der Waals surface area contributed by atoms with Crippen LogP contribution in [0.25, 0.3) is 0 Å². The van der Waals surface area contributed by atoms with Crippen LogP contribution in [0.4, 0.5) is 0 Å². The van der Waals surface area contributed by atoms with E-state index in [1.165, 1.54) is 12.1 Å². The summed E-state index contributed by atoms with van der Waals surface area (Å²) < 4.78 is 25.1. The van der Waals surface area contributed by atoms with Gasteiger partial charge < -0.3 is 4.84 Å². The Balaban J connectivity index is 1.41. The molecule has 0 radical (unpaired) electrons. The van der Waals surface area contributed by atoms with Crippen molar-refractivity contribution >= 4 is 27.6 Å². The number of rotatable bonds is 5. The van der Waals surface area contributed by atoms with Crippen LogP contribution in [0.1, 0.15) is 44.7 Å². The van der Waals surface area contributed by atoms with Crippen molar-refractivity contribution in [1.29, 1.82) is 0 Å². The summed E-state index contributed by atoms with van der Waals surface area (Å²) in [4.78, 5) is 41.5. The van der Waals surface area contributed by atoms with Crippen LogP contribution in [0.2, 0.25) is 0 Å². The normalized spacial score (nSPS) is 15.5. The lowest BCUT2D eigenvalue weighted by Gasteiger charge is -2.13. The maximum Gasteiger partial charge on any atom is 0.334 e. The first-order chi connectivity index (χ1) is 13.4. The van der Waals surface area contributed by atoms with E-state index in [1.807, 2.05) is 6.07 Å². The van der Waals surface area contributed by atoms with E-state index in [0.29, 0.717) is 5.06 Å². The van der Waals surface area contributed by atoms with Gasteiger partial charge in [-0.2, -0.15) is 0 Å². The van der Waals surface area contributed by atoms with E-state index >= 15 is 0 Å². The van der Waals surface area contributed by atoms with Crippen molar-refractivity contribution in [2.24, 2.45) is 0 Å². The number of fused-ring (bicyclic) bond motifs is 2. The van der Waals surface area contributed by atoms with Crippen LogP contribution in [-0.4, -0.2) is 37.0 Å². The van der Waals surface area contributed by atoms with Crippen LogP contribution >= 0.6 is 0 Å². The van der Waals surface area contributed by atoms with E-state index in [9.17, 15) is 22.8 Å². The molecule has 0 saturated carbocycles. The summed E-state index contributed by atoms with van der Waals surface area (Å²) >= 11 is 0. The van der Waals surface area contributed by atoms with E-state index in [2.05, 4.69) is 0 Å². The van der Waals surface area contributed by atoms with E-state index in [4.69, 9.17) is 4.84 Å². The summed E-state index contributed by atoms with van der Waals surface area (Å²) in [5.41, 5.74) is 2.47. The first-order valence-electron chi connectivity index (χ1n) is 8.90. The molecule has 1 aliphatic carbocycles. The molecule has 0 bridgehead atoms. The minimum atomic E-state index is -3.68. The fraction of sp³-hybridized carbons (Fsp3) is 0.250. The highest BCUT2D eigenvalue weighted by Gasteiger charge is 2.38. The summed E-state index contributed by atoms with van der Waals surface area (Å²) in [6.07, 6.45) is 2.33. The Hall–Kier alpha value is -3.00. The van der Waals surface area contributed by atoms with Crippen molar-refractivity contribution in [3.8, 4) is 0 Å². The first-order valence-corrected chi connectivity index (χ1v) is 10.6. The molecule has 4 rings (SSSR count). The minimum Gasteiger partial charge on any atom is -0.330 e. The van der Waals surface area contributed by atoms with Gasteiger partial charge in [0.25, 0.3) is 11.8 Å². The molecular formula is C20H17NO6S. The molecule has 0 fully saturated rings. The van der Waals surface area contributed by atoms with Crippen molar-refractivity contribution in [2.45, 2.75) is 30.6 Å². The number of nitrogens with zero attached hydrogens (tertiary/aromatic N) is 1. The monoisotopic (exact) mass is 399 g/mol. The van der Waals surface area contributed by atoms with Crippen LogP contribution in [-0.2, 0) is 32.3 Å². The van der Waals surface area contributed by atoms with Crippen LogP contribution in [0.5, 0.6) is 0 Å². The maximum absolute atomic E-state index is 12.5. The van der Waals surface area contributed by atoms with Crippen molar-refractivity contribution in [2.75, 3.05) is 5.75 Å². The Morgan fingerprint density at radius 1 is 0.964 bits per heavy atom. The Morgan fingerprint density at radius 2 is 1.61 bits per heavy atom. The second-order valence-corrected chi connectivity index (χ2v) is 8.88. The molecule has 2 aliphatic rings. The van der Waals surface area contributed by atoms with E-state index < -0.39 is 39.8 Å². The van der Waals surface area contributed by atoms with Crippen LogP contribution in [0, 0.1) is 0 Å². The van der Waals surface area contributed by atoms with Crippen molar-refractivity contribution in [1.82, 2.24) is 5.06 Å². The molecule has 1 heterocycles. The van der Waals surface area contributed by atoms with Crippen LogP contribution in [0.15, 0.2) is 47.4 Å². The summed E-state index contributed by atoms with van der Waals surface area (Å²) in [5, 5.41) is 0.384. The molecule has 0 unspecified atom stereocenters. The molecule has 28 heavy (non-hydrogen) atoms. The summed E-state index contributed by atoms with van der Waals surface area (Å²) in [7, 11) is -3.68. The van der Waals surface area contributed by atoms with Gasteiger partial charge in [0.1, 0.15) is 0 Å². The predicted octanol–water partition coefficient (Wildman–Crippen LogP) is 2.09. The maximum atomic E-state index is 12.5. The topological polar surface area (TPSA) is 97.8 Å². The van der Waals surface area contributed by atoms with Gasteiger partial charge in [0, 0.05) is 0 Å². The van der Waals surface area contributed by atoms with Crippen molar-refractivity contribution < 1.29 is 27.6 Å².